The van der Waals surface area contributed by atoms with Crippen molar-refractivity contribution >= 4 is 10.9 Å². The molecule has 1 aromatic heterocycles. The van der Waals surface area contributed by atoms with Gasteiger partial charge in [0.05, 0.1) is 5.52 Å². The Hall–Kier alpha value is -1.41. The van der Waals surface area contributed by atoms with Crippen LogP contribution >= 0.6 is 0 Å². The summed E-state index contributed by atoms with van der Waals surface area (Å²) in [6.45, 7) is 3.36. The van der Waals surface area contributed by atoms with Gasteiger partial charge < -0.3 is 5.32 Å². The summed E-state index contributed by atoms with van der Waals surface area (Å²) in [6.07, 6.45) is 8.48. The van der Waals surface area contributed by atoms with Crippen molar-refractivity contribution in [3.8, 4) is 0 Å². The van der Waals surface area contributed by atoms with Crippen LogP contribution in [-0.2, 0) is 6.42 Å². The first-order valence-electron chi connectivity index (χ1n) is 7.93. The first-order chi connectivity index (χ1) is 9.86. The Bertz CT molecular complexity index is 555. The lowest BCUT2D eigenvalue weighted by Gasteiger charge is -2.19. The molecular weight excluding hydrogens is 244 g/mol. The monoisotopic (exact) mass is 268 g/mol. The third kappa shape index (κ3) is 3.37. The molecule has 0 radical (unpaired) electrons. The second-order valence-electron chi connectivity index (χ2n) is 6.02. The maximum atomic E-state index is 4.46. The molecule has 1 saturated carbocycles. The molecule has 1 aromatic carbocycles. The van der Waals surface area contributed by atoms with Crippen LogP contribution in [-0.4, -0.2) is 17.6 Å². The van der Waals surface area contributed by atoms with E-state index in [4.69, 9.17) is 0 Å². The Balaban J connectivity index is 1.77. The Labute approximate surface area is 121 Å². The highest BCUT2D eigenvalue weighted by Crippen LogP contribution is 2.34. The van der Waals surface area contributed by atoms with E-state index in [1.807, 2.05) is 6.20 Å². The van der Waals surface area contributed by atoms with Crippen molar-refractivity contribution in [3.05, 3.63) is 42.1 Å². The molecule has 106 valence electrons. The molecule has 3 rings (SSSR count). The zero-order valence-corrected chi connectivity index (χ0v) is 12.3. The van der Waals surface area contributed by atoms with E-state index >= 15 is 0 Å². The maximum absolute atomic E-state index is 4.46. The fourth-order valence-corrected chi connectivity index (χ4v) is 2.94. The lowest BCUT2D eigenvalue weighted by Crippen LogP contribution is -2.32. The Morgan fingerprint density at radius 2 is 2.10 bits per heavy atom. The first kappa shape index (κ1) is 13.6. The Kier molecular flexibility index (Phi) is 4.31. The summed E-state index contributed by atoms with van der Waals surface area (Å²) in [7, 11) is 0. The SMILES string of the molecule is CCCNC(Cc1ccnc2ccccc12)CC1CC1. The van der Waals surface area contributed by atoms with Gasteiger partial charge in [-0.2, -0.15) is 0 Å². The highest BCUT2D eigenvalue weighted by Gasteiger charge is 2.25. The Morgan fingerprint density at radius 3 is 2.90 bits per heavy atom. The molecule has 1 heterocycles. The molecule has 1 aliphatic rings. The molecule has 1 fully saturated rings. The van der Waals surface area contributed by atoms with Crippen molar-refractivity contribution in [2.45, 2.75) is 45.1 Å². The number of hydrogen-bond acceptors (Lipinski definition) is 2. The number of pyridine rings is 1. The molecule has 1 aliphatic carbocycles. The lowest BCUT2D eigenvalue weighted by atomic mass is 9.98. The van der Waals surface area contributed by atoms with Crippen LogP contribution in [0.2, 0.25) is 0 Å². The van der Waals surface area contributed by atoms with Gasteiger partial charge in [-0.15, -0.1) is 0 Å². The molecule has 2 heteroatoms. The molecule has 2 nitrogen and oxygen atoms in total. The minimum atomic E-state index is 0.619. The molecule has 0 aliphatic heterocycles. The molecule has 0 spiro atoms. The second-order valence-corrected chi connectivity index (χ2v) is 6.02. The summed E-state index contributed by atoms with van der Waals surface area (Å²) in [5.41, 5.74) is 2.55. The minimum absolute atomic E-state index is 0.619. The second kappa shape index (κ2) is 6.36. The van der Waals surface area contributed by atoms with Crippen LogP contribution in [0.3, 0.4) is 0 Å². The zero-order chi connectivity index (χ0) is 13.8. The molecule has 0 bridgehead atoms. The summed E-state index contributed by atoms with van der Waals surface area (Å²) in [4.78, 5) is 4.46. The standard InChI is InChI=1S/C18H24N2/c1-2-10-19-16(12-14-7-8-14)13-15-9-11-20-18-6-4-3-5-17(15)18/h3-6,9,11,14,16,19H,2,7-8,10,12-13H2,1H3. The largest absolute Gasteiger partial charge is 0.314 e. The van der Waals surface area contributed by atoms with Crippen LogP contribution in [0, 0.1) is 5.92 Å². The minimum Gasteiger partial charge on any atom is -0.314 e. The molecular formula is C18H24N2. The summed E-state index contributed by atoms with van der Waals surface area (Å²) >= 11 is 0. The number of aromatic nitrogens is 1. The molecule has 1 atom stereocenters. The van der Waals surface area contributed by atoms with E-state index in [9.17, 15) is 0 Å². The highest BCUT2D eigenvalue weighted by atomic mass is 14.9. The zero-order valence-electron chi connectivity index (χ0n) is 12.3. The molecule has 2 aromatic rings. The van der Waals surface area contributed by atoms with Crippen LogP contribution in [0.1, 0.15) is 38.2 Å². The van der Waals surface area contributed by atoms with E-state index in [1.54, 1.807) is 0 Å². The summed E-state index contributed by atoms with van der Waals surface area (Å²) in [6, 6.07) is 11.3. The maximum Gasteiger partial charge on any atom is 0.0704 e. The van der Waals surface area contributed by atoms with Crippen LogP contribution < -0.4 is 5.32 Å². The predicted molar refractivity (Wildman–Crippen MR) is 84.9 cm³/mol. The third-order valence-electron chi connectivity index (χ3n) is 4.20. The normalized spacial score (nSPS) is 16.4. The number of rotatable bonds is 7. The summed E-state index contributed by atoms with van der Waals surface area (Å²) in [5.74, 6) is 0.970. The number of fused-ring (bicyclic) bond motifs is 1. The topological polar surface area (TPSA) is 24.9 Å². The van der Waals surface area contributed by atoms with Gasteiger partial charge >= 0.3 is 0 Å². The number of hydrogen-bond donors (Lipinski definition) is 1. The molecule has 20 heavy (non-hydrogen) atoms. The highest BCUT2D eigenvalue weighted by molar-refractivity contribution is 5.81. The van der Waals surface area contributed by atoms with Gasteiger partial charge in [0.2, 0.25) is 0 Å². The smallest absolute Gasteiger partial charge is 0.0704 e. The molecule has 1 unspecified atom stereocenters. The predicted octanol–water partition coefficient (Wildman–Crippen LogP) is 3.95. The number of para-hydroxylation sites is 1. The van der Waals surface area contributed by atoms with Crippen LogP contribution in [0.5, 0.6) is 0 Å². The Morgan fingerprint density at radius 1 is 1.25 bits per heavy atom. The van der Waals surface area contributed by atoms with Gasteiger partial charge in [0.1, 0.15) is 0 Å². The van der Waals surface area contributed by atoms with Crippen molar-refractivity contribution in [3.63, 3.8) is 0 Å². The summed E-state index contributed by atoms with van der Waals surface area (Å²) in [5, 5.41) is 5.05. The first-order valence-corrected chi connectivity index (χ1v) is 7.93. The van der Waals surface area contributed by atoms with E-state index in [0.29, 0.717) is 6.04 Å². The van der Waals surface area contributed by atoms with Crippen molar-refractivity contribution in [1.82, 2.24) is 10.3 Å². The quantitative estimate of drug-likeness (QED) is 0.822. The number of benzene rings is 1. The lowest BCUT2D eigenvalue weighted by molar-refractivity contribution is 0.456. The van der Waals surface area contributed by atoms with E-state index < -0.39 is 0 Å². The van der Waals surface area contributed by atoms with Crippen molar-refractivity contribution in [2.75, 3.05) is 6.54 Å². The van der Waals surface area contributed by atoms with Crippen LogP contribution in [0.25, 0.3) is 10.9 Å². The van der Waals surface area contributed by atoms with E-state index in [-0.39, 0.29) is 0 Å². The average Bonchev–Trinajstić information content (AvgIpc) is 3.29. The van der Waals surface area contributed by atoms with Gasteiger partial charge in [-0.25, -0.2) is 0 Å². The van der Waals surface area contributed by atoms with Gasteiger partial charge in [0, 0.05) is 17.6 Å². The molecule has 1 N–H and O–H groups in total. The fraction of sp³-hybridized carbons (Fsp3) is 0.500. The van der Waals surface area contributed by atoms with Crippen molar-refractivity contribution < 1.29 is 0 Å². The third-order valence-corrected chi connectivity index (χ3v) is 4.20. The van der Waals surface area contributed by atoms with E-state index in [2.05, 4.69) is 47.6 Å². The number of nitrogens with one attached hydrogen (secondary N) is 1. The summed E-state index contributed by atoms with van der Waals surface area (Å²) < 4.78 is 0. The molecule has 0 saturated heterocycles. The van der Waals surface area contributed by atoms with Crippen molar-refractivity contribution in [1.29, 1.82) is 0 Å². The van der Waals surface area contributed by atoms with Gasteiger partial charge in [-0.05, 0) is 49.4 Å². The van der Waals surface area contributed by atoms with Crippen molar-refractivity contribution in [2.24, 2.45) is 5.92 Å². The average molecular weight is 268 g/mol. The van der Waals surface area contributed by atoms with Gasteiger partial charge in [0.25, 0.3) is 0 Å². The van der Waals surface area contributed by atoms with E-state index in [0.717, 1.165) is 24.4 Å². The van der Waals surface area contributed by atoms with E-state index in [1.165, 1.54) is 36.6 Å². The fourth-order valence-electron chi connectivity index (χ4n) is 2.94. The number of nitrogens with zero attached hydrogens (tertiary/aromatic N) is 1. The van der Waals surface area contributed by atoms with Gasteiger partial charge in [-0.1, -0.05) is 38.0 Å². The van der Waals surface area contributed by atoms with Gasteiger partial charge in [0.15, 0.2) is 0 Å². The van der Waals surface area contributed by atoms with Gasteiger partial charge in [-0.3, -0.25) is 4.98 Å². The van der Waals surface area contributed by atoms with Crippen LogP contribution in [0.4, 0.5) is 0 Å². The molecule has 0 amide bonds. The van der Waals surface area contributed by atoms with Crippen LogP contribution in [0.15, 0.2) is 36.5 Å².